The van der Waals surface area contributed by atoms with E-state index < -0.39 is 0 Å². The first-order valence-corrected chi connectivity index (χ1v) is 9.12. The van der Waals surface area contributed by atoms with E-state index in [1.807, 2.05) is 0 Å². The number of hydrogen-bond acceptors (Lipinski definition) is 0. The van der Waals surface area contributed by atoms with Crippen LogP contribution in [0.15, 0.2) is 12.3 Å². The van der Waals surface area contributed by atoms with E-state index in [0.29, 0.717) is 0 Å². The van der Waals surface area contributed by atoms with Crippen molar-refractivity contribution >= 4 is 0 Å². The minimum absolute atomic E-state index is 1.04. The molecule has 0 aromatic heterocycles. The lowest BCUT2D eigenvalue weighted by molar-refractivity contribution is -0.839. The Morgan fingerprint density at radius 1 is 0.650 bits per heavy atom. The third kappa shape index (κ3) is 14.1. The van der Waals surface area contributed by atoms with Crippen molar-refractivity contribution in [2.45, 2.75) is 90.9 Å². The van der Waals surface area contributed by atoms with E-state index >= 15 is 0 Å². The van der Waals surface area contributed by atoms with Gasteiger partial charge in [0.1, 0.15) is 0 Å². The molecular weight excluding hydrogens is 242 g/mol. The fourth-order valence-corrected chi connectivity index (χ4v) is 2.76. The van der Waals surface area contributed by atoms with E-state index in [9.17, 15) is 0 Å². The third-order valence-corrected chi connectivity index (χ3v) is 4.03. The minimum atomic E-state index is 1.04. The smallest absolute Gasteiger partial charge is 0.0913 e. The average molecular weight is 283 g/mol. The molecule has 1 nitrogen and oxygen atoms in total. The van der Waals surface area contributed by atoms with E-state index in [1.165, 1.54) is 83.6 Å². The second-order valence-corrected chi connectivity index (χ2v) is 6.86. The maximum atomic E-state index is 2.39. The van der Waals surface area contributed by atoms with Crippen molar-refractivity contribution in [1.82, 2.24) is 0 Å². The number of nitrogens with zero attached hydrogens (tertiary/aromatic N) is 1. The van der Waals surface area contributed by atoms with Crippen LogP contribution in [-0.2, 0) is 0 Å². The van der Waals surface area contributed by atoms with Crippen LogP contribution >= 0.6 is 0 Å². The van der Waals surface area contributed by atoms with Crippen LogP contribution in [0.25, 0.3) is 0 Å². The molecule has 0 saturated carbocycles. The molecular formula is C19H40N+. The number of rotatable bonds is 14. The largest absolute Gasteiger partial charge is 0.302 e. The van der Waals surface area contributed by atoms with Gasteiger partial charge < -0.3 is 4.48 Å². The second-order valence-electron chi connectivity index (χ2n) is 6.86. The molecule has 0 saturated heterocycles. The average Bonchev–Trinajstić information content (AvgIpc) is 2.40. The first kappa shape index (κ1) is 19.7. The molecule has 0 aromatic rings. The predicted molar refractivity (Wildman–Crippen MR) is 92.9 cm³/mol. The molecule has 20 heavy (non-hydrogen) atoms. The monoisotopic (exact) mass is 282 g/mol. The van der Waals surface area contributed by atoms with Crippen molar-refractivity contribution in [3.63, 3.8) is 0 Å². The molecule has 0 aliphatic rings. The van der Waals surface area contributed by atoms with Crippen LogP contribution in [0.2, 0.25) is 0 Å². The van der Waals surface area contributed by atoms with Gasteiger partial charge >= 0.3 is 0 Å². The topological polar surface area (TPSA) is 0 Å². The van der Waals surface area contributed by atoms with Gasteiger partial charge in [0, 0.05) is 0 Å². The summed E-state index contributed by atoms with van der Waals surface area (Å²) in [4.78, 5) is 0. The van der Waals surface area contributed by atoms with E-state index in [4.69, 9.17) is 0 Å². The molecule has 0 aliphatic carbocycles. The van der Waals surface area contributed by atoms with Crippen molar-refractivity contribution in [2.75, 3.05) is 20.6 Å². The highest BCUT2D eigenvalue weighted by Gasteiger charge is 2.07. The van der Waals surface area contributed by atoms with Crippen LogP contribution in [-0.4, -0.2) is 25.1 Å². The van der Waals surface area contributed by atoms with Gasteiger partial charge in [-0.15, -0.1) is 0 Å². The fourth-order valence-electron chi connectivity index (χ4n) is 2.76. The summed E-state index contributed by atoms with van der Waals surface area (Å²) < 4.78 is 1.04. The Kier molecular flexibility index (Phi) is 13.5. The van der Waals surface area contributed by atoms with Crippen molar-refractivity contribution in [3.05, 3.63) is 12.3 Å². The lowest BCUT2D eigenvalue weighted by Crippen LogP contribution is -2.33. The van der Waals surface area contributed by atoms with Crippen molar-refractivity contribution in [2.24, 2.45) is 0 Å². The molecule has 1 heteroatoms. The van der Waals surface area contributed by atoms with Crippen LogP contribution in [0.4, 0.5) is 0 Å². The lowest BCUT2D eigenvalue weighted by atomic mass is 10.1. The Labute approximate surface area is 129 Å². The van der Waals surface area contributed by atoms with Gasteiger partial charge in [0.15, 0.2) is 0 Å². The standard InChI is InChI=1S/C19H40N/c1-5-7-8-9-10-11-12-13-14-15-16-17-19-20(3,4)18-6-2/h17,19H,5-16,18H2,1-4H3/q+1. The summed E-state index contributed by atoms with van der Waals surface area (Å²) >= 11 is 0. The molecule has 0 unspecified atom stereocenters. The molecule has 0 aromatic carbocycles. The maximum Gasteiger partial charge on any atom is 0.0913 e. The highest BCUT2D eigenvalue weighted by atomic mass is 15.3. The number of quaternary nitrogens is 1. The van der Waals surface area contributed by atoms with Crippen LogP contribution in [0.3, 0.4) is 0 Å². The first-order chi connectivity index (χ1) is 9.62. The van der Waals surface area contributed by atoms with Gasteiger partial charge in [-0.25, -0.2) is 0 Å². The minimum Gasteiger partial charge on any atom is -0.302 e. The summed E-state index contributed by atoms with van der Waals surface area (Å²) in [6, 6.07) is 0. The molecule has 0 fully saturated rings. The molecule has 0 heterocycles. The van der Waals surface area contributed by atoms with Gasteiger partial charge in [-0.05, 0) is 25.3 Å². The summed E-state index contributed by atoms with van der Waals surface area (Å²) in [5, 5.41) is 0. The van der Waals surface area contributed by atoms with Gasteiger partial charge in [-0.1, -0.05) is 71.6 Å². The Bertz CT molecular complexity index is 218. The van der Waals surface area contributed by atoms with Crippen LogP contribution < -0.4 is 0 Å². The van der Waals surface area contributed by atoms with Gasteiger partial charge in [0.2, 0.25) is 0 Å². The predicted octanol–water partition coefficient (Wildman–Crippen LogP) is 6.30. The highest BCUT2D eigenvalue weighted by molar-refractivity contribution is 4.73. The van der Waals surface area contributed by atoms with E-state index in [0.717, 1.165) is 4.48 Å². The summed E-state index contributed by atoms with van der Waals surface area (Å²) in [6.45, 7) is 5.79. The normalized spacial score (nSPS) is 12.4. The van der Waals surface area contributed by atoms with Crippen molar-refractivity contribution in [1.29, 1.82) is 0 Å². The van der Waals surface area contributed by atoms with E-state index in [-0.39, 0.29) is 0 Å². The molecule has 0 atom stereocenters. The quantitative estimate of drug-likeness (QED) is 0.259. The summed E-state index contributed by atoms with van der Waals surface area (Å²) in [5.41, 5.74) is 0. The summed E-state index contributed by atoms with van der Waals surface area (Å²) in [5.74, 6) is 0. The van der Waals surface area contributed by atoms with Gasteiger partial charge in [-0.3, -0.25) is 0 Å². The Morgan fingerprint density at radius 2 is 1.15 bits per heavy atom. The molecule has 120 valence electrons. The van der Waals surface area contributed by atoms with Gasteiger partial charge in [0.05, 0.1) is 26.8 Å². The van der Waals surface area contributed by atoms with Crippen molar-refractivity contribution in [3.8, 4) is 0 Å². The molecule has 0 amide bonds. The number of allylic oxidation sites excluding steroid dienone is 1. The van der Waals surface area contributed by atoms with Crippen LogP contribution in [0, 0.1) is 0 Å². The zero-order valence-electron chi connectivity index (χ0n) is 14.8. The molecule has 0 spiro atoms. The zero-order valence-corrected chi connectivity index (χ0v) is 14.8. The molecule has 0 bridgehead atoms. The van der Waals surface area contributed by atoms with E-state index in [2.05, 4.69) is 40.2 Å². The summed E-state index contributed by atoms with van der Waals surface area (Å²) in [7, 11) is 4.58. The van der Waals surface area contributed by atoms with Gasteiger partial charge in [-0.2, -0.15) is 0 Å². The van der Waals surface area contributed by atoms with E-state index in [1.54, 1.807) is 0 Å². The van der Waals surface area contributed by atoms with Crippen molar-refractivity contribution < 1.29 is 4.48 Å². The maximum absolute atomic E-state index is 2.39. The Hall–Kier alpha value is -0.300. The SMILES string of the molecule is CCCCCCCCCCCCC=C[N+](C)(C)CCC. The van der Waals surface area contributed by atoms with Crippen LogP contribution in [0.1, 0.15) is 90.9 Å². The second kappa shape index (κ2) is 13.7. The highest BCUT2D eigenvalue weighted by Crippen LogP contribution is 2.11. The fraction of sp³-hybridized carbons (Fsp3) is 0.895. The Balaban J connectivity index is 3.26. The molecule has 0 aliphatic heterocycles. The van der Waals surface area contributed by atoms with Gasteiger partial charge in [0.25, 0.3) is 0 Å². The van der Waals surface area contributed by atoms with Crippen LogP contribution in [0.5, 0.6) is 0 Å². The number of unbranched alkanes of at least 4 members (excludes halogenated alkanes) is 10. The first-order valence-electron chi connectivity index (χ1n) is 9.12. The Morgan fingerprint density at radius 3 is 1.65 bits per heavy atom. The molecule has 0 N–H and O–H groups in total. The zero-order chi connectivity index (χ0) is 15.1. The third-order valence-electron chi connectivity index (χ3n) is 4.03. The molecule has 0 radical (unpaired) electrons. The molecule has 0 rings (SSSR count). The number of hydrogen-bond donors (Lipinski definition) is 0. The summed E-state index contributed by atoms with van der Waals surface area (Å²) in [6.07, 6.45) is 21.6. The lowest BCUT2D eigenvalue weighted by Gasteiger charge is -2.24.